The maximum Gasteiger partial charge on any atom is 0.279 e. The van der Waals surface area contributed by atoms with Gasteiger partial charge in [0.15, 0.2) is 0 Å². The molecule has 1 fully saturated rings. The second kappa shape index (κ2) is 5.37. The predicted molar refractivity (Wildman–Crippen MR) is 58.6 cm³/mol. The number of aliphatic hydroxyl groups is 1. The fourth-order valence-electron chi connectivity index (χ4n) is 1.23. The van der Waals surface area contributed by atoms with E-state index < -0.39 is 6.04 Å². The van der Waals surface area contributed by atoms with E-state index in [-0.39, 0.29) is 29.7 Å². The molecule has 0 aromatic carbocycles. The standard InChI is InChI=1S/C9H16N2O3S/c1-5(2)6(3-12)10-8(13)7-4-15-9(14)11-7/h5-7,12H,3-4H2,1-2H3,(H,10,13)(H,11,14). The summed E-state index contributed by atoms with van der Waals surface area (Å²) in [5.41, 5.74) is 0. The predicted octanol–water partition coefficient (Wildman–Crippen LogP) is -0.0555. The van der Waals surface area contributed by atoms with Gasteiger partial charge in [-0.05, 0) is 5.92 Å². The minimum Gasteiger partial charge on any atom is -0.394 e. The Hall–Kier alpha value is -0.750. The van der Waals surface area contributed by atoms with Crippen LogP contribution in [0, 0.1) is 5.92 Å². The average molecular weight is 232 g/mol. The smallest absolute Gasteiger partial charge is 0.279 e. The second-order valence-electron chi connectivity index (χ2n) is 3.84. The Kier molecular flexibility index (Phi) is 4.41. The number of nitrogens with one attached hydrogen (secondary N) is 2. The first-order chi connectivity index (χ1) is 7.04. The van der Waals surface area contributed by atoms with E-state index in [1.165, 1.54) is 0 Å². The molecule has 1 heterocycles. The van der Waals surface area contributed by atoms with Crippen LogP contribution in [-0.4, -0.2) is 40.7 Å². The molecule has 0 aromatic heterocycles. The van der Waals surface area contributed by atoms with Gasteiger partial charge in [0, 0.05) is 5.75 Å². The van der Waals surface area contributed by atoms with E-state index in [0.717, 1.165) is 11.8 Å². The van der Waals surface area contributed by atoms with Gasteiger partial charge in [0.25, 0.3) is 5.24 Å². The summed E-state index contributed by atoms with van der Waals surface area (Å²) in [6.07, 6.45) is 0. The van der Waals surface area contributed by atoms with Crippen LogP contribution in [0.1, 0.15) is 13.8 Å². The third kappa shape index (κ3) is 3.39. The molecular formula is C9H16N2O3S. The van der Waals surface area contributed by atoms with Crippen molar-refractivity contribution in [2.24, 2.45) is 5.92 Å². The van der Waals surface area contributed by atoms with Gasteiger partial charge in [0.2, 0.25) is 5.91 Å². The fourth-order valence-corrected chi connectivity index (χ4v) is 2.01. The van der Waals surface area contributed by atoms with Gasteiger partial charge in [-0.2, -0.15) is 0 Å². The van der Waals surface area contributed by atoms with Crippen molar-refractivity contribution < 1.29 is 14.7 Å². The van der Waals surface area contributed by atoms with Crippen LogP contribution in [0.25, 0.3) is 0 Å². The molecule has 0 spiro atoms. The summed E-state index contributed by atoms with van der Waals surface area (Å²) in [5.74, 6) is 0.408. The van der Waals surface area contributed by atoms with Crippen molar-refractivity contribution in [2.45, 2.75) is 25.9 Å². The monoisotopic (exact) mass is 232 g/mol. The van der Waals surface area contributed by atoms with Gasteiger partial charge in [-0.15, -0.1) is 0 Å². The molecule has 0 bridgehead atoms. The molecule has 1 rings (SSSR count). The summed E-state index contributed by atoms with van der Waals surface area (Å²) >= 11 is 1.10. The fraction of sp³-hybridized carbons (Fsp3) is 0.778. The Morgan fingerprint density at radius 2 is 2.40 bits per heavy atom. The molecule has 3 N–H and O–H groups in total. The summed E-state index contributed by atoms with van der Waals surface area (Å²) in [6.45, 7) is 3.75. The minimum absolute atomic E-state index is 0.0861. The quantitative estimate of drug-likeness (QED) is 0.635. The lowest BCUT2D eigenvalue weighted by atomic mass is 10.1. The van der Waals surface area contributed by atoms with Gasteiger partial charge in [0.05, 0.1) is 12.6 Å². The topological polar surface area (TPSA) is 78.4 Å². The number of rotatable bonds is 4. The molecule has 0 saturated carbocycles. The summed E-state index contributed by atoms with van der Waals surface area (Å²) < 4.78 is 0. The van der Waals surface area contributed by atoms with E-state index in [0.29, 0.717) is 5.75 Å². The lowest BCUT2D eigenvalue weighted by Gasteiger charge is -2.21. The molecule has 1 saturated heterocycles. The lowest BCUT2D eigenvalue weighted by molar-refractivity contribution is -0.123. The van der Waals surface area contributed by atoms with Crippen molar-refractivity contribution in [2.75, 3.05) is 12.4 Å². The van der Waals surface area contributed by atoms with Crippen LogP contribution < -0.4 is 10.6 Å². The van der Waals surface area contributed by atoms with E-state index in [1.807, 2.05) is 13.8 Å². The Balaban J connectivity index is 2.44. The molecule has 0 aliphatic carbocycles. The van der Waals surface area contributed by atoms with Gasteiger partial charge in [-0.1, -0.05) is 25.6 Å². The van der Waals surface area contributed by atoms with Crippen LogP contribution in [0.4, 0.5) is 4.79 Å². The maximum absolute atomic E-state index is 11.6. The summed E-state index contributed by atoms with van der Waals surface area (Å²) in [4.78, 5) is 22.5. The Morgan fingerprint density at radius 3 is 2.80 bits per heavy atom. The highest BCUT2D eigenvalue weighted by atomic mass is 32.2. The normalized spacial score (nSPS) is 22.7. The molecule has 86 valence electrons. The van der Waals surface area contributed by atoms with Gasteiger partial charge in [-0.25, -0.2) is 0 Å². The number of amides is 2. The molecule has 15 heavy (non-hydrogen) atoms. The summed E-state index contributed by atoms with van der Waals surface area (Å²) in [5, 5.41) is 14.1. The molecule has 2 amide bonds. The zero-order valence-electron chi connectivity index (χ0n) is 8.82. The summed E-state index contributed by atoms with van der Waals surface area (Å²) in [6, 6.07) is -0.713. The van der Waals surface area contributed by atoms with E-state index in [4.69, 9.17) is 5.11 Å². The Labute approximate surface area is 93.0 Å². The van der Waals surface area contributed by atoms with Crippen molar-refractivity contribution in [3.8, 4) is 0 Å². The second-order valence-corrected chi connectivity index (χ2v) is 4.83. The molecular weight excluding hydrogens is 216 g/mol. The largest absolute Gasteiger partial charge is 0.394 e. The average Bonchev–Trinajstić information content (AvgIpc) is 2.60. The number of thioether (sulfide) groups is 1. The van der Waals surface area contributed by atoms with Crippen molar-refractivity contribution in [1.82, 2.24) is 10.6 Å². The van der Waals surface area contributed by atoms with E-state index in [2.05, 4.69) is 10.6 Å². The number of carbonyl (C=O) groups excluding carboxylic acids is 2. The summed E-state index contributed by atoms with van der Waals surface area (Å²) in [7, 11) is 0. The Morgan fingerprint density at radius 1 is 1.73 bits per heavy atom. The Bertz CT molecular complexity index is 258. The lowest BCUT2D eigenvalue weighted by Crippen LogP contribution is -2.49. The molecule has 1 aliphatic rings. The van der Waals surface area contributed by atoms with Crippen LogP contribution in [0.3, 0.4) is 0 Å². The number of aliphatic hydroxyl groups excluding tert-OH is 1. The van der Waals surface area contributed by atoms with Crippen LogP contribution in [-0.2, 0) is 4.79 Å². The van der Waals surface area contributed by atoms with Crippen LogP contribution in [0.5, 0.6) is 0 Å². The third-order valence-corrected chi connectivity index (χ3v) is 3.20. The highest BCUT2D eigenvalue weighted by Crippen LogP contribution is 2.13. The van der Waals surface area contributed by atoms with Crippen molar-refractivity contribution in [3.05, 3.63) is 0 Å². The first-order valence-electron chi connectivity index (χ1n) is 4.89. The van der Waals surface area contributed by atoms with Gasteiger partial charge in [0.1, 0.15) is 6.04 Å². The van der Waals surface area contributed by atoms with Gasteiger partial charge in [-0.3, -0.25) is 9.59 Å². The maximum atomic E-state index is 11.6. The zero-order chi connectivity index (χ0) is 11.4. The van der Waals surface area contributed by atoms with E-state index in [9.17, 15) is 9.59 Å². The number of hydrogen-bond donors (Lipinski definition) is 3. The zero-order valence-corrected chi connectivity index (χ0v) is 9.63. The van der Waals surface area contributed by atoms with Crippen LogP contribution in [0.2, 0.25) is 0 Å². The molecule has 1 aliphatic heterocycles. The molecule has 2 atom stereocenters. The van der Waals surface area contributed by atoms with Crippen LogP contribution in [0.15, 0.2) is 0 Å². The first-order valence-corrected chi connectivity index (χ1v) is 5.87. The minimum atomic E-state index is -0.463. The SMILES string of the molecule is CC(C)C(CO)NC(=O)C1CSC(=O)N1. The first kappa shape index (κ1) is 12.3. The highest BCUT2D eigenvalue weighted by molar-refractivity contribution is 8.14. The molecule has 0 radical (unpaired) electrons. The van der Waals surface area contributed by atoms with Gasteiger partial charge < -0.3 is 15.7 Å². The van der Waals surface area contributed by atoms with E-state index >= 15 is 0 Å². The molecule has 0 aromatic rings. The number of carbonyl (C=O) groups is 2. The van der Waals surface area contributed by atoms with Crippen molar-refractivity contribution in [1.29, 1.82) is 0 Å². The van der Waals surface area contributed by atoms with Crippen LogP contribution >= 0.6 is 11.8 Å². The third-order valence-electron chi connectivity index (χ3n) is 2.32. The van der Waals surface area contributed by atoms with Crippen molar-refractivity contribution in [3.63, 3.8) is 0 Å². The molecule has 6 heteroatoms. The highest BCUT2D eigenvalue weighted by Gasteiger charge is 2.29. The van der Waals surface area contributed by atoms with E-state index in [1.54, 1.807) is 0 Å². The molecule has 5 nitrogen and oxygen atoms in total. The number of hydrogen-bond acceptors (Lipinski definition) is 4. The molecule has 2 unspecified atom stereocenters. The van der Waals surface area contributed by atoms with Crippen molar-refractivity contribution >= 4 is 22.9 Å². The van der Waals surface area contributed by atoms with Gasteiger partial charge >= 0.3 is 0 Å².